The van der Waals surface area contributed by atoms with Gasteiger partial charge in [-0.1, -0.05) is 35.5 Å². The van der Waals surface area contributed by atoms with E-state index < -0.39 is 5.97 Å². The molecule has 0 bridgehead atoms. The van der Waals surface area contributed by atoms with Crippen molar-refractivity contribution in [3.63, 3.8) is 0 Å². The number of para-hydroxylation sites is 1. The van der Waals surface area contributed by atoms with Crippen molar-refractivity contribution >= 4 is 40.9 Å². The van der Waals surface area contributed by atoms with Gasteiger partial charge in [-0.2, -0.15) is 0 Å². The Labute approximate surface area is 171 Å². The van der Waals surface area contributed by atoms with Crippen LogP contribution in [0.15, 0.2) is 64.4 Å². The number of aromatic nitrogens is 1. The molecule has 28 heavy (non-hydrogen) atoms. The standard InChI is InChI=1S/C20H17ClN2O4S/c1-2-26-19(25)15-5-3-4-6-16(15)23-18(24)12-28-20-22-11-17(27-20)13-7-9-14(21)10-8-13/h3-11H,2,12H2,1H3,(H,23,24). The first kappa shape index (κ1) is 20.0. The normalized spacial score (nSPS) is 10.5. The second-order valence-corrected chi connectivity index (χ2v) is 6.96. The molecular formula is C20H17ClN2O4S. The molecule has 0 radical (unpaired) electrons. The molecule has 0 unspecified atom stereocenters. The zero-order valence-corrected chi connectivity index (χ0v) is 16.5. The van der Waals surface area contributed by atoms with Gasteiger partial charge in [-0.15, -0.1) is 0 Å². The number of rotatable bonds is 7. The van der Waals surface area contributed by atoms with Crippen LogP contribution in [0.4, 0.5) is 5.69 Å². The van der Waals surface area contributed by atoms with Crippen LogP contribution in [0.25, 0.3) is 11.3 Å². The minimum atomic E-state index is -0.480. The van der Waals surface area contributed by atoms with E-state index in [4.69, 9.17) is 20.8 Å². The number of carbonyl (C=O) groups excluding carboxylic acids is 2. The van der Waals surface area contributed by atoms with Crippen LogP contribution in [-0.2, 0) is 9.53 Å². The minimum absolute atomic E-state index is 0.0811. The van der Waals surface area contributed by atoms with Crippen molar-refractivity contribution in [1.29, 1.82) is 0 Å². The number of amides is 1. The quantitative estimate of drug-likeness (QED) is 0.435. The molecular weight excluding hydrogens is 400 g/mol. The third-order valence-corrected chi connectivity index (χ3v) is 4.73. The third-order valence-electron chi connectivity index (χ3n) is 3.64. The van der Waals surface area contributed by atoms with E-state index in [-0.39, 0.29) is 18.3 Å². The first-order valence-corrected chi connectivity index (χ1v) is 9.83. The van der Waals surface area contributed by atoms with Crippen LogP contribution in [0.1, 0.15) is 17.3 Å². The Morgan fingerprint density at radius 2 is 1.93 bits per heavy atom. The fraction of sp³-hybridized carbons (Fsp3) is 0.150. The van der Waals surface area contributed by atoms with Crippen LogP contribution in [-0.4, -0.2) is 29.2 Å². The molecule has 0 aliphatic carbocycles. The fourth-order valence-corrected chi connectivity index (χ4v) is 3.09. The second-order valence-electron chi connectivity index (χ2n) is 5.60. The molecule has 0 aliphatic heterocycles. The van der Waals surface area contributed by atoms with Crippen LogP contribution in [0.3, 0.4) is 0 Å². The van der Waals surface area contributed by atoms with Gasteiger partial charge in [-0.3, -0.25) is 4.79 Å². The van der Waals surface area contributed by atoms with Gasteiger partial charge in [0.2, 0.25) is 5.91 Å². The number of nitrogens with zero attached hydrogens (tertiary/aromatic N) is 1. The Balaban J connectivity index is 1.60. The van der Waals surface area contributed by atoms with Crippen molar-refractivity contribution in [2.24, 2.45) is 0 Å². The van der Waals surface area contributed by atoms with E-state index >= 15 is 0 Å². The molecule has 1 heterocycles. The van der Waals surface area contributed by atoms with Crippen molar-refractivity contribution in [2.45, 2.75) is 12.1 Å². The highest BCUT2D eigenvalue weighted by atomic mass is 35.5. The number of oxazole rings is 1. The van der Waals surface area contributed by atoms with E-state index in [9.17, 15) is 9.59 Å². The van der Waals surface area contributed by atoms with Crippen LogP contribution in [0.2, 0.25) is 5.02 Å². The highest BCUT2D eigenvalue weighted by molar-refractivity contribution is 7.99. The van der Waals surface area contributed by atoms with E-state index in [0.29, 0.717) is 27.3 Å². The Bertz CT molecular complexity index is 972. The highest BCUT2D eigenvalue weighted by Gasteiger charge is 2.15. The average molecular weight is 417 g/mol. The Hall–Kier alpha value is -2.77. The second kappa shape index (κ2) is 9.43. The van der Waals surface area contributed by atoms with Gasteiger partial charge in [0.05, 0.1) is 29.8 Å². The summed E-state index contributed by atoms with van der Waals surface area (Å²) < 4.78 is 10.7. The first-order valence-electron chi connectivity index (χ1n) is 8.47. The summed E-state index contributed by atoms with van der Waals surface area (Å²) in [6, 6.07) is 13.9. The SMILES string of the molecule is CCOC(=O)c1ccccc1NC(=O)CSc1ncc(-c2ccc(Cl)cc2)o1. The number of hydrogen-bond acceptors (Lipinski definition) is 6. The van der Waals surface area contributed by atoms with E-state index in [2.05, 4.69) is 10.3 Å². The van der Waals surface area contributed by atoms with Gasteiger partial charge in [0.15, 0.2) is 5.76 Å². The topological polar surface area (TPSA) is 81.4 Å². The summed E-state index contributed by atoms with van der Waals surface area (Å²) in [5.41, 5.74) is 1.56. The molecule has 144 valence electrons. The van der Waals surface area contributed by atoms with Gasteiger partial charge in [-0.05, 0) is 43.3 Å². The number of esters is 1. The lowest BCUT2D eigenvalue weighted by Crippen LogP contribution is -2.17. The van der Waals surface area contributed by atoms with Gasteiger partial charge in [0, 0.05) is 10.6 Å². The smallest absolute Gasteiger partial charge is 0.340 e. The minimum Gasteiger partial charge on any atom is -0.462 e. The van der Waals surface area contributed by atoms with Crippen LogP contribution < -0.4 is 5.32 Å². The molecule has 1 amide bonds. The monoisotopic (exact) mass is 416 g/mol. The molecule has 2 aromatic carbocycles. The molecule has 1 N–H and O–H groups in total. The fourth-order valence-electron chi connectivity index (χ4n) is 2.36. The van der Waals surface area contributed by atoms with Crippen molar-refractivity contribution in [3.8, 4) is 11.3 Å². The van der Waals surface area contributed by atoms with Crippen molar-refractivity contribution < 1.29 is 18.7 Å². The molecule has 0 spiro atoms. The van der Waals surface area contributed by atoms with Crippen LogP contribution >= 0.6 is 23.4 Å². The van der Waals surface area contributed by atoms with Gasteiger partial charge < -0.3 is 14.5 Å². The maximum atomic E-state index is 12.3. The summed E-state index contributed by atoms with van der Waals surface area (Å²) in [6.07, 6.45) is 1.60. The van der Waals surface area contributed by atoms with Crippen molar-refractivity contribution in [2.75, 3.05) is 17.7 Å². The summed E-state index contributed by atoms with van der Waals surface area (Å²) in [7, 11) is 0. The number of hydrogen-bond donors (Lipinski definition) is 1. The predicted octanol–water partition coefficient (Wildman–Crippen LogP) is 4.90. The van der Waals surface area contributed by atoms with E-state index in [1.54, 1.807) is 49.5 Å². The summed E-state index contributed by atoms with van der Waals surface area (Å²) in [6.45, 7) is 1.99. The largest absolute Gasteiger partial charge is 0.462 e. The number of nitrogens with one attached hydrogen (secondary N) is 1. The van der Waals surface area contributed by atoms with Gasteiger partial charge in [0.25, 0.3) is 5.22 Å². The Morgan fingerprint density at radius 3 is 2.68 bits per heavy atom. The summed E-state index contributed by atoms with van der Waals surface area (Å²) in [4.78, 5) is 28.4. The summed E-state index contributed by atoms with van der Waals surface area (Å²) in [5, 5.41) is 3.73. The molecule has 8 heteroatoms. The van der Waals surface area contributed by atoms with E-state index in [0.717, 1.165) is 17.3 Å². The van der Waals surface area contributed by atoms with Crippen LogP contribution in [0.5, 0.6) is 0 Å². The number of halogens is 1. The number of carbonyl (C=O) groups is 2. The highest BCUT2D eigenvalue weighted by Crippen LogP contribution is 2.26. The zero-order chi connectivity index (χ0) is 19.9. The molecule has 1 aromatic heterocycles. The Kier molecular flexibility index (Phi) is 6.73. The lowest BCUT2D eigenvalue weighted by atomic mass is 10.2. The number of anilines is 1. The molecule has 0 fully saturated rings. The molecule has 3 rings (SSSR count). The molecule has 0 atom stereocenters. The maximum absolute atomic E-state index is 12.3. The predicted molar refractivity (Wildman–Crippen MR) is 109 cm³/mol. The number of thioether (sulfide) groups is 1. The molecule has 0 saturated carbocycles. The van der Waals surface area contributed by atoms with Gasteiger partial charge in [0.1, 0.15) is 0 Å². The van der Waals surface area contributed by atoms with Crippen LogP contribution in [0, 0.1) is 0 Å². The van der Waals surface area contributed by atoms with Gasteiger partial charge in [-0.25, -0.2) is 9.78 Å². The third kappa shape index (κ3) is 5.15. The lowest BCUT2D eigenvalue weighted by Gasteiger charge is -2.09. The number of ether oxygens (including phenoxy) is 1. The number of benzene rings is 2. The maximum Gasteiger partial charge on any atom is 0.340 e. The zero-order valence-electron chi connectivity index (χ0n) is 15.0. The van der Waals surface area contributed by atoms with Crippen molar-refractivity contribution in [3.05, 3.63) is 65.3 Å². The Morgan fingerprint density at radius 1 is 1.18 bits per heavy atom. The molecule has 0 saturated heterocycles. The molecule has 0 aliphatic rings. The van der Waals surface area contributed by atoms with E-state index in [1.165, 1.54) is 0 Å². The van der Waals surface area contributed by atoms with E-state index in [1.807, 2.05) is 12.1 Å². The summed E-state index contributed by atoms with van der Waals surface area (Å²) >= 11 is 7.04. The lowest BCUT2D eigenvalue weighted by molar-refractivity contribution is -0.113. The van der Waals surface area contributed by atoms with Gasteiger partial charge >= 0.3 is 5.97 Å². The van der Waals surface area contributed by atoms with Crippen molar-refractivity contribution in [1.82, 2.24) is 4.98 Å². The first-order chi connectivity index (χ1) is 13.6. The molecule has 3 aromatic rings. The average Bonchev–Trinajstić information content (AvgIpc) is 3.16. The summed E-state index contributed by atoms with van der Waals surface area (Å²) in [5.74, 6) is -0.0934. The molecule has 6 nitrogen and oxygen atoms in total.